The van der Waals surface area contributed by atoms with Crippen molar-refractivity contribution >= 4 is 38.3 Å². The molecule has 0 spiro atoms. The van der Waals surface area contributed by atoms with Crippen LogP contribution in [0.3, 0.4) is 0 Å². The summed E-state index contributed by atoms with van der Waals surface area (Å²) < 4.78 is 0. The van der Waals surface area contributed by atoms with Crippen LogP contribution in [0.2, 0.25) is 0 Å². The normalized spacial score (nSPS) is 11.8. The molecule has 180 valence electrons. The first-order valence-electron chi connectivity index (χ1n) is 13.6. The highest BCUT2D eigenvalue weighted by Crippen LogP contribution is 2.38. The predicted molar refractivity (Wildman–Crippen MR) is 146 cm³/mol. The number of aliphatic carboxylic acids is 1. The Balaban J connectivity index is 1.48. The fourth-order valence-electron chi connectivity index (χ4n) is 5.62. The second kappa shape index (κ2) is 12.2. The molecule has 2 heteroatoms. The number of hydrogen-bond donors (Lipinski definition) is 1. The van der Waals surface area contributed by atoms with Crippen LogP contribution in [0.4, 0.5) is 0 Å². The van der Waals surface area contributed by atoms with Gasteiger partial charge in [-0.1, -0.05) is 107 Å². The molecule has 2 nitrogen and oxygen atoms in total. The van der Waals surface area contributed by atoms with Gasteiger partial charge in [0, 0.05) is 6.42 Å². The number of unbranched alkanes of at least 4 members (excludes halogenated alkanes) is 9. The maximum absolute atomic E-state index is 10.6. The van der Waals surface area contributed by atoms with Crippen LogP contribution in [0, 0.1) is 0 Å². The van der Waals surface area contributed by atoms with Gasteiger partial charge in [0.2, 0.25) is 0 Å². The lowest BCUT2D eigenvalue weighted by molar-refractivity contribution is -0.137. The zero-order chi connectivity index (χ0) is 23.8. The van der Waals surface area contributed by atoms with Crippen LogP contribution in [0.15, 0.2) is 48.5 Å². The van der Waals surface area contributed by atoms with Crippen LogP contribution >= 0.6 is 0 Å². The number of carboxylic acids is 1. The molecule has 4 rings (SSSR count). The van der Waals surface area contributed by atoms with Gasteiger partial charge in [0.05, 0.1) is 0 Å². The Bertz CT molecular complexity index is 1190. The molecular formula is C32H40O2. The maximum Gasteiger partial charge on any atom is 0.303 e. The third kappa shape index (κ3) is 5.90. The summed E-state index contributed by atoms with van der Waals surface area (Å²) >= 11 is 0. The van der Waals surface area contributed by atoms with E-state index in [1.54, 1.807) is 0 Å². The Morgan fingerprint density at radius 1 is 0.647 bits per heavy atom. The monoisotopic (exact) mass is 456 g/mol. The van der Waals surface area contributed by atoms with E-state index in [-0.39, 0.29) is 0 Å². The Morgan fingerprint density at radius 2 is 1.18 bits per heavy atom. The SMILES string of the molecule is CCCCCCc1cc(CCCCCCCCCC(=O)O)c2ccc3cccc4ccc1c2c43. The van der Waals surface area contributed by atoms with Crippen LogP contribution in [0.5, 0.6) is 0 Å². The third-order valence-corrected chi connectivity index (χ3v) is 7.45. The molecule has 0 bridgehead atoms. The lowest BCUT2D eigenvalue weighted by Crippen LogP contribution is -1.97. The van der Waals surface area contributed by atoms with Crippen molar-refractivity contribution in [2.45, 2.75) is 96.8 Å². The molecule has 34 heavy (non-hydrogen) atoms. The van der Waals surface area contributed by atoms with E-state index >= 15 is 0 Å². The van der Waals surface area contributed by atoms with E-state index in [9.17, 15) is 4.79 Å². The van der Waals surface area contributed by atoms with E-state index in [0.29, 0.717) is 6.42 Å². The van der Waals surface area contributed by atoms with Crippen LogP contribution in [0.1, 0.15) is 95.1 Å². The molecule has 0 fully saturated rings. The van der Waals surface area contributed by atoms with Crippen molar-refractivity contribution in [2.24, 2.45) is 0 Å². The highest BCUT2D eigenvalue weighted by atomic mass is 16.4. The minimum Gasteiger partial charge on any atom is -0.481 e. The van der Waals surface area contributed by atoms with E-state index in [4.69, 9.17) is 5.11 Å². The first-order valence-corrected chi connectivity index (χ1v) is 13.6. The summed E-state index contributed by atoms with van der Waals surface area (Å²) in [5, 5.41) is 17.3. The van der Waals surface area contributed by atoms with Gasteiger partial charge >= 0.3 is 5.97 Å². The van der Waals surface area contributed by atoms with E-state index in [1.807, 2.05) is 0 Å². The van der Waals surface area contributed by atoms with Gasteiger partial charge in [-0.25, -0.2) is 0 Å². The fourth-order valence-corrected chi connectivity index (χ4v) is 5.62. The summed E-state index contributed by atoms with van der Waals surface area (Å²) in [5.74, 6) is -0.668. The van der Waals surface area contributed by atoms with Crippen LogP contribution in [-0.2, 0) is 17.6 Å². The second-order valence-electron chi connectivity index (χ2n) is 10.1. The highest BCUT2D eigenvalue weighted by molar-refractivity contribution is 6.24. The molecular weight excluding hydrogens is 416 g/mol. The number of carboxylic acid groups (broad SMARTS) is 1. The summed E-state index contributed by atoms with van der Waals surface area (Å²) in [6, 6.07) is 18.6. The zero-order valence-electron chi connectivity index (χ0n) is 20.9. The largest absolute Gasteiger partial charge is 0.481 e. The molecule has 0 aliphatic rings. The van der Waals surface area contributed by atoms with Gasteiger partial charge < -0.3 is 5.11 Å². The number of rotatable bonds is 15. The lowest BCUT2D eigenvalue weighted by atomic mass is 9.86. The fraction of sp³-hybridized carbons (Fsp3) is 0.469. The van der Waals surface area contributed by atoms with Crippen molar-refractivity contribution in [1.29, 1.82) is 0 Å². The molecule has 0 radical (unpaired) electrons. The van der Waals surface area contributed by atoms with Gasteiger partial charge in [0.15, 0.2) is 0 Å². The van der Waals surface area contributed by atoms with Crippen LogP contribution in [-0.4, -0.2) is 11.1 Å². The van der Waals surface area contributed by atoms with Gasteiger partial charge in [-0.05, 0) is 75.5 Å². The van der Waals surface area contributed by atoms with Gasteiger partial charge in [-0.3, -0.25) is 4.79 Å². The Hall–Kier alpha value is -2.61. The van der Waals surface area contributed by atoms with Crippen molar-refractivity contribution in [2.75, 3.05) is 0 Å². The quantitative estimate of drug-likeness (QED) is 0.143. The average Bonchev–Trinajstić information content (AvgIpc) is 2.84. The number of aryl methyl sites for hydroxylation is 2. The van der Waals surface area contributed by atoms with Crippen molar-refractivity contribution in [3.63, 3.8) is 0 Å². The topological polar surface area (TPSA) is 37.3 Å². The molecule has 0 unspecified atom stereocenters. The van der Waals surface area contributed by atoms with Gasteiger partial charge in [0.1, 0.15) is 0 Å². The standard InChI is InChI=1S/C32H40O2/c1-2-3-4-10-14-26-23-27(15-11-8-6-5-7-9-12-18-30(33)34)29-22-20-25-17-13-16-24-19-21-28(26)32(29)31(24)25/h13,16-17,19-23H,2-12,14-15,18H2,1H3,(H,33,34). The molecule has 0 saturated carbocycles. The van der Waals surface area contributed by atoms with Crippen molar-refractivity contribution in [3.8, 4) is 0 Å². The molecule has 0 aromatic heterocycles. The second-order valence-corrected chi connectivity index (χ2v) is 10.1. The van der Waals surface area contributed by atoms with Crippen molar-refractivity contribution in [3.05, 3.63) is 59.7 Å². The van der Waals surface area contributed by atoms with E-state index in [1.165, 1.54) is 101 Å². The Morgan fingerprint density at radius 3 is 1.74 bits per heavy atom. The molecule has 0 aliphatic heterocycles. The first kappa shape index (κ1) is 24.5. The number of carbonyl (C=O) groups is 1. The number of hydrogen-bond acceptors (Lipinski definition) is 1. The van der Waals surface area contributed by atoms with Crippen LogP contribution < -0.4 is 0 Å². The minimum absolute atomic E-state index is 0.315. The van der Waals surface area contributed by atoms with E-state index in [2.05, 4.69) is 55.5 Å². The molecule has 4 aromatic rings. The molecule has 0 amide bonds. The zero-order valence-corrected chi connectivity index (χ0v) is 20.9. The van der Waals surface area contributed by atoms with Gasteiger partial charge in [0.25, 0.3) is 0 Å². The smallest absolute Gasteiger partial charge is 0.303 e. The predicted octanol–water partition coefficient (Wildman–Crippen LogP) is 9.45. The Kier molecular flexibility index (Phi) is 8.79. The minimum atomic E-state index is -0.668. The average molecular weight is 457 g/mol. The molecule has 0 heterocycles. The van der Waals surface area contributed by atoms with Crippen molar-refractivity contribution in [1.82, 2.24) is 0 Å². The molecule has 0 aliphatic carbocycles. The number of benzene rings is 4. The third-order valence-electron chi connectivity index (χ3n) is 7.45. The van der Waals surface area contributed by atoms with Gasteiger partial charge in [-0.2, -0.15) is 0 Å². The maximum atomic E-state index is 10.6. The highest BCUT2D eigenvalue weighted by Gasteiger charge is 2.14. The first-order chi connectivity index (χ1) is 16.7. The summed E-state index contributed by atoms with van der Waals surface area (Å²) in [6.07, 6.45) is 15.8. The molecule has 0 atom stereocenters. The summed E-state index contributed by atoms with van der Waals surface area (Å²) in [7, 11) is 0. The van der Waals surface area contributed by atoms with Crippen LogP contribution in [0.25, 0.3) is 32.3 Å². The van der Waals surface area contributed by atoms with Crippen molar-refractivity contribution < 1.29 is 9.90 Å². The lowest BCUT2D eigenvalue weighted by Gasteiger charge is -2.17. The van der Waals surface area contributed by atoms with E-state index in [0.717, 1.165) is 25.7 Å². The van der Waals surface area contributed by atoms with E-state index < -0.39 is 5.97 Å². The Labute approximate surface area is 204 Å². The molecule has 1 N–H and O–H groups in total. The summed E-state index contributed by atoms with van der Waals surface area (Å²) in [5.41, 5.74) is 3.06. The molecule has 4 aromatic carbocycles. The van der Waals surface area contributed by atoms with Gasteiger partial charge in [-0.15, -0.1) is 0 Å². The summed E-state index contributed by atoms with van der Waals surface area (Å²) in [4.78, 5) is 10.6. The molecule has 0 saturated heterocycles. The summed E-state index contributed by atoms with van der Waals surface area (Å²) in [6.45, 7) is 2.28.